The van der Waals surface area contributed by atoms with Crippen LogP contribution in [0.1, 0.15) is 33.4 Å². The Morgan fingerprint density at radius 3 is 2.64 bits per heavy atom. The van der Waals surface area contributed by atoms with Crippen LogP contribution < -0.4 is 5.32 Å². The molecular formula is C16H20ClN3O2. The molecule has 0 aliphatic rings. The standard InChI is InChI=1S/C16H20ClN3O2/c1-11-15(12(2)20(19-11)9-8-17)16(22)18-14(10-21)13-6-4-3-5-7-13/h3-7,14,21H,8-10H2,1-2H3,(H,18,22)/t14-/m1/s1. The first kappa shape index (κ1) is 16.5. The maximum Gasteiger partial charge on any atom is 0.255 e. The number of aliphatic hydroxyl groups excluding tert-OH is 1. The number of nitrogens with zero attached hydrogens (tertiary/aromatic N) is 2. The Kier molecular flexibility index (Phi) is 5.57. The third-order valence-electron chi connectivity index (χ3n) is 3.59. The van der Waals surface area contributed by atoms with Crippen molar-refractivity contribution in [3.8, 4) is 0 Å². The van der Waals surface area contributed by atoms with Gasteiger partial charge in [-0.15, -0.1) is 11.6 Å². The van der Waals surface area contributed by atoms with Crippen LogP contribution in [0.2, 0.25) is 0 Å². The molecule has 2 aromatic rings. The number of amides is 1. The van der Waals surface area contributed by atoms with Crippen molar-refractivity contribution < 1.29 is 9.90 Å². The summed E-state index contributed by atoms with van der Waals surface area (Å²) >= 11 is 5.74. The van der Waals surface area contributed by atoms with Crippen LogP contribution in [0.4, 0.5) is 0 Å². The highest BCUT2D eigenvalue weighted by atomic mass is 35.5. The second-order valence-electron chi connectivity index (χ2n) is 5.08. The fraction of sp³-hybridized carbons (Fsp3) is 0.375. The van der Waals surface area contributed by atoms with Gasteiger partial charge in [-0.25, -0.2) is 0 Å². The van der Waals surface area contributed by atoms with Crippen molar-refractivity contribution in [2.24, 2.45) is 0 Å². The average Bonchev–Trinajstić information content (AvgIpc) is 2.80. The van der Waals surface area contributed by atoms with E-state index >= 15 is 0 Å². The molecule has 0 fully saturated rings. The van der Waals surface area contributed by atoms with Gasteiger partial charge in [0.15, 0.2) is 0 Å². The van der Waals surface area contributed by atoms with Crippen molar-refractivity contribution in [2.45, 2.75) is 26.4 Å². The van der Waals surface area contributed by atoms with E-state index in [1.807, 2.05) is 37.3 Å². The summed E-state index contributed by atoms with van der Waals surface area (Å²) in [5, 5.41) is 16.7. The number of carbonyl (C=O) groups excluding carboxylic acids is 1. The molecule has 22 heavy (non-hydrogen) atoms. The minimum atomic E-state index is -0.441. The van der Waals surface area contributed by atoms with Crippen LogP contribution in [0, 0.1) is 13.8 Å². The van der Waals surface area contributed by atoms with E-state index < -0.39 is 6.04 Å². The van der Waals surface area contributed by atoms with E-state index in [-0.39, 0.29) is 12.5 Å². The van der Waals surface area contributed by atoms with Crippen molar-refractivity contribution in [3.63, 3.8) is 0 Å². The smallest absolute Gasteiger partial charge is 0.255 e. The molecule has 1 aromatic heterocycles. The average molecular weight is 322 g/mol. The summed E-state index contributed by atoms with van der Waals surface area (Å²) < 4.78 is 1.73. The number of aliphatic hydroxyl groups is 1. The quantitative estimate of drug-likeness (QED) is 0.802. The third kappa shape index (κ3) is 3.48. The second-order valence-corrected chi connectivity index (χ2v) is 5.46. The lowest BCUT2D eigenvalue weighted by atomic mass is 10.1. The molecule has 0 spiro atoms. The molecule has 0 unspecified atom stereocenters. The second kappa shape index (κ2) is 7.42. The van der Waals surface area contributed by atoms with E-state index in [1.54, 1.807) is 11.6 Å². The van der Waals surface area contributed by atoms with Crippen LogP contribution >= 0.6 is 11.6 Å². The summed E-state index contributed by atoms with van der Waals surface area (Å²) in [6, 6.07) is 8.95. The van der Waals surface area contributed by atoms with E-state index in [9.17, 15) is 9.90 Å². The van der Waals surface area contributed by atoms with Gasteiger partial charge in [-0.05, 0) is 19.4 Å². The fourth-order valence-electron chi connectivity index (χ4n) is 2.47. The lowest BCUT2D eigenvalue weighted by Crippen LogP contribution is -2.31. The van der Waals surface area contributed by atoms with Gasteiger partial charge in [0, 0.05) is 11.6 Å². The normalized spacial score (nSPS) is 12.2. The first-order valence-electron chi connectivity index (χ1n) is 7.15. The molecule has 0 aliphatic heterocycles. The van der Waals surface area contributed by atoms with Crippen LogP contribution in [0.3, 0.4) is 0 Å². The van der Waals surface area contributed by atoms with E-state index in [1.165, 1.54) is 0 Å². The van der Waals surface area contributed by atoms with Crippen molar-refractivity contribution >= 4 is 17.5 Å². The molecule has 0 saturated carbocycles. The van der Waals surface area contributed by atoms with Gasteiger partial charge in [-0.1, -0.05) is 30.3 Å². The molecule has 6 heteroatoms. The molecular weight excluding hydrogens is 302 g/mol. The topological polar surface area (TPSA) is 67.2 Å². The molecule has 1 atom stereocenters. The summed E-state index contributed by atoms with van der Waals surface area (Å²) in [6.07, 6.45) is 0. The molecule has 5 nitrogen and oxygen atoms in total. The molecule has 0 saturated heterocycles. The zero-order valence-electron chi connectivity index (χ0n) is 12.7. The number of hydrogen-bond acceptors (Lipinski definition) is 3. The summed E-state index contributed by atoms with van der Waals surface area (Å²) in [5.41, 5.74) is 2.84. The molecule has 0 aliphatic carbocycles. The van der Waals surface area contributed by atoms with Crippen molar-refractivity contribution in [1.29, 1.82) is 0 Å². The Labute approximate surface area is 134 Å². The predicted octanol–water partition coefficient (Wildman–Crippen LogP) is 2.20. The highest BCUT2D eigenvalue weighted by Crippen LogP contribution is 2.17. The molecule has 2 N–H and O–H groups in total. The van der Waals surface area contributed by atoms with Crippen LogP contribution in [0.25, 0.3) is 0 Å². The van der Waals surface area contributed by atoms with Gasteiger partial charge >= 0.3 is 0 Å². The minimum absolute atomic E-state index is 0.163. The van der Waals surface area contributed by atoms with Crippen LogP contribution in [-0.2, 0) is 6.54 Å². The van der Waals surface area contributed by atoms with E-state index in [2.05, 4.69) is 10.4 Å². The number of aryl methyl sites for hydroxylation is 2. The molecule has 0 bridgehead atoms. The van der Waals surface area contributed by atoms with Crippen LogP contribution in [-0.4, -0.2) is 33.3 Å². The van der Waals surface area contributed by atoms with Crippen molar-refractivity contribution in [1.82, 2.24) is 15.1 Å². The summed E-state index contributed by atoms with van der Waals surface area (Å²) in [5.74, 6) is 0.200. The summed E-state index contributed by atoms with van der Waals surface area (Å²) in [6.45, 7) is 4.04. The highest BCUT2D eigenvalue weighted by Gasteiger charge is 2.21. The first-order valence-corrected chi connectivity index (χ1v) is 7.68. The van der Waals surface area contributed by atoms with E-state index in [4.69, 9.17) is 11.6 Å². The van der Waals surface area contributed by atoms with Gasteiger partial charge in [-0.3, -0.25) is 9.48 Å². The molecule has 118 valence electrons. The van der Waals surface area contributed by atoms with Gasteiger partial charge in [-0.2, -0.15) is 5.10 Å². The summed E-state index contributed by atoms with van der Waals surface area (Å²) in [7, 11) is 0. The lowest BCUT2D eigenvalue weighted by Gasteiger charge is -2.17. The highest BCUT2D eigenvalue weighted by molar-refractivity contribution is 6.17. The largest absolute Gasteiger partial charge is 0.394 e. The first-order chi connectivity index (χ1) is 10.6. The predicted molar refractivity (Wildman–Crippen MR) is 86.2 cm³/mol. The lowest BCUT2D eigenvalue weighted by molar-refractivity contribution is 0.0915. The van der Waals surface area contributed by atoms with Crippen LogP contribution in [0.5, 0.6) is 0 Å². The van der Waals surface area contributed by atoms with Gasteiger partial charge in [0.25, 0.3) is 5.91 Å². The summed E-state index contributed by atoms with van der Waals surface area (Å²) in [4.78, 5) is 12.5. The Hall–Kier alpha value is -1.85. The zero-order valence-corrected chi connectivity index (χ0v) is 13.5. The number of hydrogen-bond donors (Lipinski definition) is 2. The molecule has 2 rings (SSSR count). The number of benzene rings is 1. The maximum atomic E-state index is 12.5. The molecule has 1 aromatic carbocycles. The monoisotopic (exact) mass is 321 g/mol. The third-order valence-corrected chi connectivity index (χ3v) is 3.76. The van der Waals surface area contributed by atoms with Crippen molar-refractivity contribution in [3.05, 3.63) is 52.8 Å². The number of nitrogens with one attached hydrogen (secondary N) is 1. The van der Waals surface area contributed by atoms with Gasteiger partial charge in [0.05, 0.1) is 30.5 Å². The maximum absolute atomic E-state index is 12.5. The fourth-order valence-corrected chi connectivity index (χ4v) is 2.63. The molecule has 1 heterocycles. The van der Waals surface area contributed by atoms with Gasteiger partial charge in [0.1, 0.15) is 0 Å². The number of alkyl halides is 1. The zero-order chi connectivity index (χ0) is 16.1. The van der Waals surface area contributed by atoms with Gasteiger partial charge < -0.3 is 10.4 Å². The van der Waals surface area contributed by atoms with Crippen LogP contribution in [0.15, 0.2) is 30.3 Å². The molecule has 1 amide bonds. The van der Waals surface area contributed by atoms with E-state index in [0.717, 1.165) is 11.3 Å². The van der Waals surface area contributed by atoms with Gasteiger partial charge in [0.2, 0.25) is 0 Å². The van der Waals surface area contributed by atoms with Crippen molar-refractivity contribution in [2.75, 3.05) is 12.5 Å². The Bertz CT molecular complexity index is 640. The number of aromatic nitrogens is 2. The number of rotatable bonds is 6. The Morgan fingerprint density at radius 1 is 1.36 bits per heavy atom. The molecule has 0 radical (unpaired) electrons. The minimum Gasteiger partial charge on any atom is -0.394 e. The Morgan fingerprint density at radius 2 is 2.05 bits per heavy atom. The number of halogens is 1. The SMILES string of the molecule is Cc1nn(CCCl)c(C)c1C(=O)N[C@H](CO)c1ccccc1. The Balaban J connectivity index is 2.21. The van der Waals surface area contributed by atoms with E-state index in [0.29, 0.717) is 23.7 Å². The number of carbonyl (C=O) groups is 1.